The van der Waals surface area contributed by atoms with Crippen molar-refractivity contribution in [2.24, 2.45) is 0 Å². The summed E-state index contributed by atoms with van der Waals surface area (Å²) in [6.07, 6.45) is 1.66. The average Bonchev–Trinajstić information content (AvgIpc) is 2.75. The van der Waals surface area contributed by atoms with E-state index in [1.54, 1.807) is 44.6 Å². The van der Waals surface area contributed by atoms with E-state index >= 15 is 0 Å². The quantitative estimate of drug-likeness (QED) is 0.649. The van der Waals surface area contributed by atoms with E-state index in [1.165, 1.54) is 11.4 Å². The molecule has 0 saturated carbocycles. The molecule has 1 aliphatic rings. The number of ether oxygens (including phenoxy) is 3. The number of fused-ring (bicyclic) bond motifs is 2. The normalized spacial score (nSPS) is 16.7. The van der Waals surface area contributed by atoms with Crippen LogP contribution in [-0.2, 0) is 16.4 Å². The fourth-order valence-corrected chi connectivity index (χ4v) is 5.17. The smallest absolute Gasteiger partial charge is 0.253 e. The maximum Gasteiger partial charge on any atom is 0.253 e. The van der Waals surface area contributed by atoms with Crippen LogP contribution in [0.5, 0.6) is 17.2 Å². The summed E-state index contributed by atoms with van der Waals surface area (Å²) < 4.78 is 42.8. The molecule has 4 rings (SSSR count). The number of benzene rings is 2. The van der Waals surface area contributed by atoms with Gasteiger partial charge in [0.15, 0.2) is 11.5 Å². The molecule has 2 aromatic carbocycles. The van der Waals surface area contributed by atoms with Gasteiger partial charge in [-0.1, -0.05) is 0 Å². The second-order valence-electron chi connectivity index (χ2n) is 7.44. The lowest BCUT2D eigenvalue weighted by Gasteiger charge is -2.36. The molecule has 0 fully saturated rings. The first-order valence-electron chi connectivity index (χ1n) is 9.69. The van der Waals surface area contributed by atoms with Crippen LogP contribution in [0.4, 0.5) is 0 Å². The Labute approximate surface area is 180 Å². The van der Waals surface area contributed by atoms with E-state index in [2.05, 4.69) is 4.98 Å². The van der Waals surface area contributed by atoms with Crippen molar-refractivity contribution in [3.8, 4) is 17.2 Å². The second kappa shape index (κ2) is 7.90. The van der Waals surface area contributed by atoms with Gasteiger partial charge in [0.2, 0.25) is 10.0 Å². The number of hydrogen-bond donors (Lipinski definition) is 1. The first-order valence-corrected chi connectivity index (χ1v) is 11.5. The zero-order chi connectivity index (χ0) is 22.3. The third-order valence-electron chi connectivity index (χ3n) is 5.63. The maximum atomic E-state index is 13.1. The van der Waals surface area contributed by atoms with E-state index in [0.29, 0.717) is 40.3 Å². The average molecular weight is 445 g/mol. The van der Waals surface area contributed by atoms with Gasteiger partial charge in [-0.2, -0.15) is 4.31 Å². The Morgan fingerprint density at radius 3 is 2.32 bits per heavy atom. The summed E-state index contributed by atoms with van der Waals surface area (Å²) in [6, 6.07) is 9.86. The highest BCUT2D eigenvalue weighted by molar-refractivity contribution is 7.88. The summed E-state index contributed by atoms with van der Waals surface area (Å²) in [4.78, 5) is 16.0. The lowest BCUT2D eigenvalue weighted by Crippen LogP contribution is -2.42. The summed E-state index contributed by atoms with van der Waals surface area (Å²) in [5.41, 5.74) is 2.23. The van der Waals surface area contributed by atoms with Gasteiger partial charge in [-0.15, -0.1) is 0 Å². The first-order chi connectivity index (χ1) is 14.8. The Hall–Kier alpha value is -3.04. The molecule has 0 unspecified atom stereocenters. The van der Waals surface area contributed by atoms with Crippen LogP contribution in [0.15, 0.2) is 41.2 Å². The van der Waals surface area contributed by atoms with Crippen LogP contribution in [0.3, 0.4) is 0 Å². The van der Waals surface area contributed by atoms with Crippen molar-refractivity contribution < 1.29 is 22.6 Å². The molecule has 0 radical (unpaired) electrons. The Bertz CT molecular complexity index is 1320. The number of pyridine rings is 1. The largest absolute Gasteiger partial charge is 0.497 e. The van der Waals surface area contributed by atoms with E-state index in [4.69, 9.17) is 14.2 Å². The molecular formula is C22H24N2O6S. The third kappa shape index (κ3) is 3.75. The molecule has 8 nitrogen and oxygen atoms in total. The highest BCUT2D eigenvalue weighted by Crippen LogP contribution is 2.41. The third-order valence-corrected chi connectivity index (χ3v) is 6.88. The Kier molecular flexibility index (Phi) is 5.40. The van der Waals surface area contributed by atoms with Crippen molar-refractivity contribution in [3.05, 3.63) is 63.4 Å². The number of methoxy groups -OCH3 is 3. The minimum absolute atomic E-state index is 0.252. The lowest BCUT2D eigenvalue weighted by molar-refractivity contribution is 0.332. The molecule has 164 valence electrons. The number of nitrogens with one attached hydrogen (secondary N) is 1. The molecule has 0 aliphatic carbocycles. The van der Waals surface area contributed by atoms with Gasteiger partial charge in [0.25, 0.3) is 5.56 Å². The SMILES string of the molecule is COc1ccc2[nH]c(=O)c([C@H]3c4cc(OC)c(OC)cc4CCN3S(C)(=O)=O)cc2c1. The lowest BCUT2D eigenvalue weighted by atomic mass is 9.89. The molecule has 3 aromatic rings. The highest BCUT2D eigenvalue weighted by atomic mass is 32.2. The van der Waals surface area contributed by atoms with Gasteiger partial charge >= 0.3 is 0 Å². The standard InChI is InChI=1S/C22H24N2O6S/c1-28-15-5-6-18-14(9-15)10-17(22(25)23-18)21-16-12-20(30-3)19(29-2)11-13(16)7-8-24(21)31(4,26)27/h5-6,9-12,21H,7-8H2,1-4H3,(H,23,25)/t21-/m1/s1. The van der Waals surface area contributed by atoms with Gasteiger partial charge in [0.1, 0.15) is 5.75 Å². The topological polar surface area (TPSA) is 97.9 Å². The summed E-state index contributed by atoms with van der Waals surface area (Å²) in [7, 11) is 1.04. The molecule has 0 amide bonds. The monoisotopic (exact) mass is 444 g/mol. The zero-order valence-corrected chi connectivity index (χ0v) is 18.6. The molecule has 1 atom stereocenters. The molecule has 0 saturated heterocycles. The van der Waals surface area contributed by atoms with Crippen LogP contribution < -0.4 is 19.8 Å². The molecule has 9 heteroatoms. The van der Waals surface area contributed by atoms with E-state index in [0.717, 1.165) is 17.2 Å². The highest BCUT2D eigenvalue weighted by Gasteiger charge is 2.37. The molecule has 1 aliphatic heterocycles. The first kappa shape index (κ1) is 21.2. The van der Waals surface area contributed by atoms with Crippen LogP contribution in [0.2, 0.25) is 0 Å². The maximum absolute atomic E-state index is 13.1. The van der Waals surface area contributed by atoms with E-state index in [9.17, 15) is 13.2 Å². The van der Waals surface area contributed by atoms with Crippen molar-refractivity contribution in [3.63, 3.8) is 0 Å². The predicted molar refractivity (Wildman–Crippen MR) is 118 cm³/mol. The number of aromatic nitrogens is 1. The Balaban J connectivity index is 2.00. The summed E-state index contributed by atoms with van der Waals surface area (Å²) >= 11 is 0. The zero-order valence-electron chi connectivity index (χ0n) is 17.8. The van der Waals surface area contributed by atoms with Crippen LogP contribution in [0.25, 0.3) is 10.9 Å². The number of nitrogens with zero attached hydrogens (tertiary/aromatic N) is 1. The fraction of sp³-hybridized carbons (Fsp3) is 0.318. The molecule has 2 heterocycles. The molecule has 31 heavy (non-hydrogen) atoms. The van der Waals surface area contributed by atoms with Gasteiger partial charge < -0.3 is 19.2 Å². The van der Waals surface area contributed by atoms with Gasteiger partial charge in [-0.25, -0.2) is 8.42 Å². The molecular weight excluding hydrogens is 420 g/mol. The van der Waals surface area contributed by atoms with Gasteiger partial charge in [0, 0.05) is 23.0 Å². The minimum atomic E-state index is -3.60. The van der Waals surface area contributed by atoms with Crippen LogP contribution >= 0.6 is 0 Å². The van der Waals surface area contributed by atoms with Crippen molar-refractivity contribution in [1.82, 2.24) is 9.29 Å². The molecule has 1 aromatic heterocycles. The summed E-state index contributed by atoms with van der Waals surface area (Å²) in [5, 5.41) is 0.745. The van der Waals surface area contributed by atoms with Gasteiger partial charge in [0.05, 0.1) is 33.6 Å². The number of rotatable bonds is 5. The number of H-pyrrole nitrogens is 1. The van der Waals surface area contributed by atoms with Gasteiger partial charge in [-0.3, -0.25) is 4.79 Å². The van der Waals surface area contributed by atoms with E-state index in [1.807, 2.05) is 6.07 Å². The van der Waals surface area contributed by atoms with Crippen molar-refractivity contribution in [2.45, 2.75) is 12.5 Å². The van der Waals surface area contributed by atoms with E-state index in [-0.39, 0.29) is 12.1 Å². The number of hydrogen-bond acceptors (Lipinski definition) is 6. The van der Waals surface area contributed by atoms with Crippen molar-refractivity contribution in [2.75, 3.05) is 34.1 Å². The van der Waals surface area contributed by atoms with Crippen LogP contribution in [0, 0.1) is 0 Å². The van der Waals surface area contributed by atoms with Crippen LogP contribution in [0.1, 0.15) is 22.7 Å². The molecule has 1 N–H and O–H groups in total. The molecule has 0 spiro atoms. The Morgan fingerprint density at radius 2 is 1.68 bits per heavy atom. The van der Waals surface area contributed by atoms with Crippen LogP contribution in [-0.4, -0.2) is 51.8 Å². The fourth-order valence-electron chi connectivity index (χ4n) is 4.13. The Morgan fingerprint density at radius 1 is 0.968 bits per heavy atom. The van der Waals surface area contributed by atoms with Crippen molar-refractivity contribution >= 4 is 20.9 Å². The number of sulfonamides is 1. The predicted octanol–water partition coefficient (Wildman–Crippen LogP) is 2.46. The summed E-state index contributed by atoms with van der Waals surface area (Å²) in [5.74, 6) is 1.67. The van der Waals surface area contributed by atoms with Gasteiger partial charge in [-0.05, 0) is 53.9 Å². The summed E-state index contributed by atoms with van der Waals surface area (Å²) in [6.45, 7) is 0.252. The van der Waals surface area contributed by atoms with E-state index < -0.39 is 16.1 Å². The van der Waals surface area contributed by atoms with Crippen molar-refractivity contribution in [1.29, 1.82) is 0 Å². The molecule has 0 bridgehead atoms. The minimum Gasteiger partial charge on any atom is -0.497 e. The number of aromatic amines is 1. The second-order valence-corrected chi connectivity index (χ2v) is 9.37.